The number of halogens is 1. The summed E-state index contributed by atoms with van der Waals surface area (Å²) in [6, 6.07) is 8.29. The van der Waals surface area contributed by atoms with Crippen LogP contribution in [0.15, 0.2) is 24.3 Å². The van der Waals surface area contributed by atoms with E-state index in [4.69, 9.17) is 17.3 Å². The third kappa shape index (κ3) is 4.66. The van der Waals surface area contributed by atoms with Crippen molar-refractivity contribution in [3.05, 3.63) is 34.9 Å². The Hall–Kier alpha value is -0.570. The first-order valence-electron chi connectivity index (χ1n) is 6.34. The maximum Gasteiger partial charge on any atom is 0.0467 e. The highest BCUT2D eigenvalue weighted by Crippen LogP contribution is 2.20. The molecule has 0 fully saturated rings. The predicted molar refractivity (Wildman–Crippen MR) is 75.4 cm³/mol. The van der Waals surface area contributed by atoms with Crippen LogP contribution in [-0.2, 0) is 0 Å². The summed E-state index contributed by atoms with van der Waals surface area (Å²) >= 11 is 5.90. The summed E-state index contributed by atoms with van der Waals surface area (Å²) in [5, 5.41) is 0.776. The van der Waals surface area contributed by atoms with Crippen molar-refractivity contribution in [3.8, 4) is 0 Å². The van der Waals surface area contributed by atoms with Crippen LogP contribution in [0, 0.1) is 0 Å². The number of nitrogens with two attached hydrogens (primary N) is 1. The van der Waals surface area contributed by atoms with E-state index in [9.17, 15) is 0 Å². The molecule has 1 aromatic carbocycles. The number of rotatable bonds is 7. The van der Waals surface area contributed by atoms with Crippen molar-refractivity contribution in [1.29, 1.82) is 0 Å². The number of unbranched alkanes of at least 4 members (excludes halogenated alkanes) is 2. The SMILES string of the molecule is CCCCCN(C)C(CN)c1ccc(Cl)cc1. The second-order valence-electron chi connectivity index (χ2n) is 4.49. The molecule has 2 nitrogen and oxygen atoms in total. The fourth-order valence-corrected chi connectivity index (χ4v) is 2.15. The Morgan fingerprint density at radius 3 is 2.41 bits per heavy atom. The zero-order valence-electron chi connectivity index (χ0n) is 10.8. The molecule has 17 heavy (non-hydrogen) atoms. The molecule has 0 spiro atoms. The van der Waals surface area contributed by atoms with Gasteiger partial charge >= 0.3 is 0 Å². The molecule has 0 aliphatic carbocycles. The topological polar surface area (TPSA) is 29.3 Å². The number of nitrogens with zero attached hydrogens (tertiary/aromatic N) is 1. The van der Waals surface area contributed by atoms with Gasteiger partial charge in [0.15, 0.2) is 0 Å². The van der Waals surface area contributed by atoms with Gasteiger partial charge in [-0.05, 0) is 37.7 Å². The maximum atomic E-state index is 5.90. The van der Waals surface area contributed by atoms with Crippen molar-refractivity contribution < 1.29 is 0 Å². The molecule has 0 aliphatic heterocycles. The Morgan fingerprint density at radius 1 is 1.24 bits per heavy atom. The van der Waals surface area contributed by atoms with E-state index in [-0.39, 0.29) is 0 Å². The Labute approximate surface area is 110 Å². The molecular weight excluding hydrogens is 232 g/mol. The first-order valence-corrected chi connectivity index (χ1v) is 6.72. The lowest BCUT2D eigenvalue weighted by Gasteiger charge is -2.27. The van der Waals surface area contributed by atoms with Gasteiger partial charge in [0.1, 0.15) is 0 Å². The minimum absolute atomic E-state index is 0.295. The van der Waals surface area contributed by atoms with Crippen LogP contribution >= 0.6 is 11.6 Å². The fourth-order valence-electron chi connectivity index (χ4n) is 2.02. The monoisotopic (exact) mass is 254 g/mol. The van der Waals surface area contributed by atoms with E-state index in [1.165, 1.54) is 24.8 Å². The lowest BCUT2D eigenvalue weighted by molar-refractivity contribution is 0.245. The molecule has 2 N–H and O–H groups in total. The fraction of sp³-hybridized carbons (Fsp3) is 0.571. The second-order valence-corrected chi connectivity index (χ2v) is 4.93. The van der Waals surface area contributed by atoms with Crippen molar-refractivity contribution >= 4 is 11.6 Å². The average molecular weight is 255 g/mol. The second kappa shape index (κ2) is 7.70. The summed E-state index contributed by atoms with van der Waals surface area (Å²) in [7, 11) is 2.14. The van der Waals surface area contributed by atoms with Crippen LogP contribution in [0.25, 0.3) is 0 Å². The zero-order valence-corrected chi connectivity index (χ0v) is 11.6. The van der Waals surface area contributed by atoms with Crippen molar-refractivity contribution in [2.75, 3.05) is 20.1 Å². The molecule has 1 atom stereocenters. The highest BCUT2D eigenvalue weighted by molar-refractivity contribution is 6.30. The molecule has 1 rings (SSSR count). The lowest BCUT2D eigenvalue weighted by Crippen LogP contribution is -2.31. The standard InChI is InChI=1S/C14H23ClN2/c1-3-4-5-10-17(2)14(11-16)12-6-8-13(15)9-7-12/h6-9,14H,3-5,10-11,16H2,1-2H3. The van der Waals surface area contributed by atoms with Gasteiger partial charge in [-0.1, -0.05) is 43.5 Å². The summed E-state index contributed by atoms with van der Waals surface area (Å²) in [6.45, 7) is 3.96. The minimum Gasteiger partial charge on any atom is -0.329 e. The Balaban J connectivity index is 2.60. The summed E-state index contributed by atoms with van der Waals surface area (Å²) in [5.41, 5.74) is 7.12. The number of benzene rings is 1. The molecule has 1 aromatic rings. The molecular formula is C14H23ClN2. The Kier molecular flexibility index (Phi) is 6.56. The van der Waals surface area contributed by atoms with Crippen LogP contribution in [0.1, 0.15) is 37.8 Å². The molecule has 1 unspecified atom stereocenters. The van der Waals surface area contributed by atoms with Gasteiger partial charge in [0, 0.05) is 17.6 Å². The third-order valence-electron chi connectivity index (χ3n) is 3.12. The molecule has 0 aliphatic rings. The Morgan fingerprint density at radius 2 is 1.88 bits per heavy atom. The van der Waals surface area contributed by atoms with Gasteiger partial charge in [0.25, 0.3) is 0 Å². The number of likely N-dealkylation sites (N-methyl/N-ethyl adjacent to an activating group) is 1. The highest BCUT2D eigenvalue weighted by atomic mass is 35.5. The van der Waals surface area contributed by atoms with E-state index in [0.717, 1.165) is 11.6 Å². The van der Waals surface area contributed by atoms with Crippen LogP contribution in [0.3, 0.4) is 0 Å². The van der Waals surface area contributed by atoms with Gasteiger partial charge < -0.3 is 5.73 Å². The van der Waals surface area contributed by atoms with Crippen molar-refractivity contribution in [2.24, 2.45) is 5.73 Å². The molecule has 0 saturated heterocycles. The molecule has 0 saturated carbocycles. The minimum atomic E-state index is 0.295. The molecule has 3 heteroatoms. The summed E-state index contributed by atoms with van der Waals surface area (Å²) in [6.07, 6.45) is 3.77. The predicted octanol–water partition coefficient (Wildman–Crippen LogP) is 3.46. The summed E-state index contributed by atoms with van der Waals surface area (Å²) < 4.78 is 0. The van der Waals surface area contributed by atoms with Gasteiger partial charge in [-0.15, -0.1) is 0 Å². The molecule has 0 amide bonds. The summed E-state index contributed by atoms with van der Waals surface area (Å²) in [5.74, 6) is 0. The normalized spacial score (nSPS) is 13.0. The van der Waals surface area contributed by atoms with Crippen molar-refractivity contribution in [2.45, 2.75) is 32.2 Å². The molecule has 0 bridgehead atoms. The van der Waals surface area contributed by atoms with E-state index >= 15 is 0 Å². The average Bonchev–Trinajstić information content (AvgIpc) is 2.33. The lowest BCUT2D eigenvalue weighted by atomic mass is 10.1. The van der Waals surface area contributed by atoms with E-state index < -0.39 is 0 Å². The van der Waals surface area contributed by atoms with Crippen molar-refractivity contribution in [3.63, 3.8) is 0 Å². The van der Waals surface area contributed by atoms with Crippen LogP contribution in [0.5, 0.6) is 0 Å². The quantitative estimate of drug-likeness (QED) is 0.755. The first-order chi connectivity index (χ1) is 8.19. The highest BCUT2D eigenvalue weighted by Gasteiger charge is 2.14. The van der Waals surface area contributed by atoms with Crippen LogP contribution in [0.2, 0.25) is 5.02 Å². The third-order valence-corrected chi connectivity index (χ3v) is 3.38. The van der Waals surface area contributed by atoms with Crippen LogP contribution in [-0.4, -0.2) is 25.0 Å². The van der Waals surface area contributed by atoms with Crippen LogP contribution < -0.4 is 5.73 Å². The largest absolute Gasteiger partial charge is 0.329 e. The van der Waals surface area contributed by atoms with Gasteiger partial charge in [0.05, 0.1) is 0 Å². The van der Waals surface area contributed by atoms with E-state index in [1.54, 1.807) is 0 Å². The van der Waals surface area contributed by atoms with Gasteiger partial charge in [-0.25, -0.2) is 0 Å². The smallest absolute Gasteiger partial charge is 0.0467 e. The van der Waals surface area contributed by atoms with E-state index in [2.05, 4.69) is 31.0 Å². The van der Waals surface area contributed by atoms with Crippen LogP contribution in [0.4, 0.5) is 0 Å². The molecule has 0 radical (unpaired) electrons. The maximum absolute atomic E-state index is 5.90. The van der Waals surface area contributed by atoms with E-state index in [0.29, 0.717) is 12.6 Å². The van der Waals surface area contributed by atoms with Gasteiger partial charge in [-0.3, -0.25) is 4.90 Å². The summed E-state index contributed by atoms with van der Waals surface area (Å²) in [4.78, 5) is 2.33. The van der Waals surface area contributed by atoms with E-state index in [1.807, 2.05) is 12.1 Å². The Bertz CT molecular complexity index is 311. The first kappa shape index (κ1) is 14.5. The van der Waals surface area contributed by atoms with Gasteiger partial charge in [-0.2, -0.15) is 0 Å². The van der Waals surface area contributed by atoms with Crippen molar-refractivity contribution in [1.82, 2.24) is 4.90 Å². The molecule has 96 valence electrons. The molecule has 0 heterocycles. The van der Waals surface area contributed by atoms with Gasteiger partial charge in [0.2, 0.25) is 0 Å². The zero-order chi connectivity index (χ0) is 12.7. The molecule has 0 aromatic heterocycles. The number of hydrogen-bond acceptors (Lipinski definition) is 2. The number of hydrogen-bond donors (Lipinski definition) is 1.